The summed E-state index contributed by atoms with van der Waals surface area (Å²) in [5.41, 5.74) is 0.734. The van der Waals surface area contributed by atoms with Gasteiger partial charge in [-0.05, 0) is 24.1 Å². The zero-order valence-electron chi connectivity index (χ0n) is 10.6. The highest BCUT2D eigenvalue weighted by atomic mass is 16.5. The van der Waals surface area contributed by atoms with Gasteiger partial charge in [-0.25, -0.2) is 0 Å². The average molecular weight is 240 g/mol. The number of methoxy groups -OCH3 is 2. The summed E-state index contributed by atoms with van der Waals surface area (Å²) in [6, 6.07) is 5.33. The molecule has 1 aromatic carbocycles. The van der Waals surface area contributed by atoms with E-state index >= 15 is 0 Å². The molecule has 4 heteroatoms. The zero-order chi connectivity index (χ0) is 12.7. The first-order valence-electron chi connectivity index (χ1n) is 5.70. The average Bonchev–Trinajstić information content (AvgIpc) is 2.38. The van der Waals surface area contributed by atoms with E-state index in [-0.39, 0.29) is 6.61 Å². The summed E-state index contributed by atoms with van der Waals surface area (Å²) in [4.78, 5) is 0. The van der Waals surface area contributed by atoms with Gasteiger partial charge in [0.05, 0.1) is 20.8 Å². The highest BCUT2D eigenvalue weighted by Crippen LogP contribution is 2.26. The molecule has 0 aliphatic rings. The van der Waals surface area contributed by atoms with Gasteiger partial charge in [0.25, 0.3) is 0 Å². The molecule has 0 saturated carbocycles. The first-order valence-corrected chi connectivity index (χ1v) is 5.70. The van der Waals surface area contributed by atoms with Crippen LogP contribution in [0, 0.1) is 0 Å². The maximum absolute atomic E-state index is 9.95. The Kier molecular flexibility index (Phi) is 5.80. The summed E-state index contributed by atoms with van der Waals surface area (Å²) in [5, 5.41) is 9.95. The lowest BCUT2D eigenvalue weighted by Crippen LogP contribution is -2.08. The minimum Gasteiger partial charge on any atom is -0.497 e. The Morgan fingerprint density at radius 1 is 1.12 bits per heavy atom. The fourth-order valence-corrected chi connectivity index (χ4v) is 1.46. The van der Waals surface area contributed by atoms with Gasteiger partial charge in [-0.3, -0.25) is 0 Å². The first-order chi connectivity index (χ1) is 8.21. The Labute approximate surface area is 102 Å². The molecule has 0 aliphatic carbocycles. The molecule has 4 nitrogen and oxygen atoms in total. The molecule has 0 fully saturated rings. The smallest absolute Gasteiger partial charge is 0.122 e. The summed E-state index contributed by atoms with van der Waals surface area (Å²) in [6.07, 6.45) is 0.277. The minimum atomic E-state index is -0.662. The highest BCUT2D eigenvalue weighted by Gasteiger charge is 2.11. The monoisotopic (exact) mass is 240 g/mol. The van der Waals surface area contributed by atoms with Gasteiger partial charge in [-0.1, -0.05) is 6.92 Å². The molecule has 96 valence electrons. The van der Waals surface area contributed by atoms with Crippen LogP contribution in [0.4, 0.5) is 0 Å². The van der Waals surface area contributed by atoms with Gasteiger partial charge in [-0.15, -0.1) is 0 Å². The number of aliphatic hydroxyl groups excluding tert-OH is 1. The van der Waals surface area contributed by atoms with Gasteiger partial charge < -0.3 is 19.3 Å². The molecule has 0 aromatic heterocycles. The third kappa shape index (κ3) is 4.24. The van der Waals surface area contributed by atoms with Crippen molar-refractivity contribution in [2.75, 3.05) is 27.4 Å². The predicted molar refractivity (Wildman–Crippen MR) is 65.6 cm³/mol. The molecule has 0 bridgehead atoms. The fourth-order valence-electron chi connectivity index (χ4n) is 1.46. The van der Waals surface area contributed by atoms with Crippen LogP contribution in [0.3, 0.4) is 0 Å². The van der Waals surface area contributed by atoms with Crippen molar-refractivity contribution in [1.82, 2.24) is 0 Å². The van der Waals surface area contributed by atoms with Crippen LogP contribution < -0.4 is 9.47 Å². The number of rotatable bonds is 7. The summed E-state index contributed by atoms with van der Waals surface area (Å²) in [6.45, 7) is 2.96. The van der Waals surface area contributed by atoms with E-state index in [2.05, 4.69) is 0 Å². The van der Waals surface area contributed by atoms with Gasteiger partial charge >= 0.3 is 0 Å². The van der Waals surface area contributed by atoms with E-state index in [0.29, 0.717) is 18.1 Å². The molecule has 0 amide bonds. The maximum atomic E-state index is 9.95. The lowest BCUT2D eigenvalue weighted by molar-refractivity contribution is 0.0362. The molecule has 1 N–H and O–H groups in total. The fraction of sp³-hybridized carbons (Fsp3) is 0.538. The Morgan fingerprint density at radius 3 is 2.18 bits per heavy atom. The summed E-state index contributed by atoms with van der Waals surface area (Å²) < 4.78 is 15.6. The Bertz CT molecular complexity index is 316. The van der Waals surface area contributed by atoms with Gasteiger partial charge in [0.2, 0.25) is 0 Å². The third-order valence-corrected chi connectivity index (χ3v) is 2.38. The molecule has 1 unspecified atom stereocenters. The SMILES string of the molecule is CCCOCC(O)c1cc(OC)cc(OC)c1. The van der Waals surface area contributed by atoms with Gasteiger partial charge in [0, 0.05) is 12.7 Å². The van der Waals surface area contributed by atoms with Gasteiger partial charge in [0.15, 0.2) is 0 Å². The van der Waals surface area contributed by atoms with E-state index in [0.717, 1.165) is 12.0 Å². The van der Waals surface area contributed by atoms with Crippen LogP contribution in [0.2, 0.25) is 0 Å². The van der Waals surface area contributed by atoms with E-state index in [9.17, 15) is 5.11 Å². The van der Waals surface area contributed by atoms with E-state index in [1.165, 1.54) is 0 Å². The molecule has 1 rings (SSSR count). The summed E-state index contributed by atoms with van der Waals surface area (Å²) in [5.74, 6) is 1.32. The van der Waals surface area contributed by atoms with Crippen LogP contribution in [0.5, 0.6) is 11.5 Å². The van der Waals surface area contributed by atoms with Crippen molar-refractivity contribution in [2.24, 2.45) is 0 Å². The van der Waals surface area contributed by atoms with Crippen LogP contribution in [-0.4, -0.2) is 32.5 Å². The number of ether oxygens (including phenoxy) is 3. The predicted octanol–water partition coefficient (Wildman–Crippen LogP) is 2.16. The summed E-state index contributed by atoms with van der Waals surface area (Å²) >= 11 is 0. The molecule has 0 spiro atoms. The van der Waals surface area contributed by atoms with Crippen LogP contribution >= 0.6 is 0 Å². The molecule has 0 heterocycles. The quantitative estimate of drug-likeness (QED) is 0.742. The second-order valence-electron chi connectivity index (χ2n) is 3.74. The second kappa shape index (κ2) is 7.14. The van der Waals surface area contributed by atoms with E-state index < -0.39 is 6.10 Å². The van der Waals surface area contributed by atoms with Crippen molar-refractivity contribution in [1.29, 1.82) is 0 Å². The number of hydrogen-bond donors (Lipinski definition) is 1. The Hall–Kier alpha value is -1.26. The lowest BCUT2D eigenvalue weighted by Gasteiger charge is -2.14. The molecule has 17 heavy (non-hydrogen) atoms. The van der Waals surface area contributed by atoms with Crippen LogP contribution in [-0.2, 0) is 4.74 Å². The van der Waals surface area contributed by atoms with E-state index in [4.69, 9.17) is 14.2 Å². The molecular formula is C13H20O4. The van der Waals surface area contributed by atoms with Crippen molar-refractivity contribution in [3.8, 4) is 11.5 Å². The van der Waals surface area contributed by atoms with Gasteiger partial charge in [0.1, 0.15) is 17.6 Å². The van der Waals surface area contributed by atoms with Crippen molar-refractivity contribution < 1.29 is 19.3 Å². The van der Waals surface area contributed by atoms with Crippen molar-refractivity contribution in [3.63, 3.8) is 0 Å². The minimum absolute atomic E-state index is 0.282. The summed E-state index contributed by atoms with van der Waals surface area (Å²) in [7, 11) is 3.16. The number of aliphatic hydroxyl groups is 1. The van der Waals surface area contributed by atoms with Crippen molar-refractivity contribution >= 4 is 0 Å². The van der Waals surface area contributed by atoms with E-state index in [1.54, 1.807) is 32.4 Å². The number of benzene rings is 1. The van der Waals surface area contributed by atoms with E-state index in [1.807, 2.05) is 6.92 Å². The first kappa shape index (κ1) is 13.8. The Morgan fingerprint density at radius 2 is 1.71 bits per heavy atom. The van der Waals surface area contributed by atoms with Crippen molar-refractivity contribution in [3.05, 3.63) is 23.8 Å². The second-order valence-corrected chi connectivity index (χ2v) is 3.74. The molecule has 0 aliphatic heterocycles. The molecule has 0 saturated heterocycles. The topological polar surface area (TPSA) is 47.9 Å². The highest BCUT2D eigenvalue weighted by molar-refractivity contribution is 5.39. The van der Waals surface area contributed by atoms with Crippen LogP contribution in [0.25, 0.3) is 0 Å². The number of hydrogen-bond acceptors (Lipinski definition) is 4. The zero-order valence-corrected chi connectivity index (χ0v) is 10.6. The third-order valence-electron chi connectivity index (χ3n) is 2.38. The van der Waals surface area contributed by atoms with Crippen LogP contribution in [0.15, 0.2) is 18.2 Å². The standard InChI is InChI=1S/C13H20O4/c1-4-5-17-9-13(14)10-6-11(15-2)8-12(7-10)16-3/h6-8,13-14H,4-5,9H2,1-3H3. The lowest BCUT2D eigenvalue weighted by atomic mass is 10.1. The molecule has 1 atom stereocenters. The maximum Gasteiger partial charge on any atom is 0.122 e. The molecule has 1 aromatic rings. The molecule has 0 radical (unpaired) electrons. The normalized spacial score (nSPS) is 12.2. The molecular weight excluding hydrogens is 220 g/mol. The van der Waals surface area contributed by atoms with Gasteiger partial charge in [-0.2, -0.15) is 0 Å². The Balaban J connectivity index is 2.73. The largest absolute Gasteiger partial charge is 0.497 e. The van der Waals surface area contributed by atoms with Crippen molar-refractivity contribution in [2.45, 2.75) is 19.4 Å². The van der Waals surface area contributed by atoms with Crippen LogP contribution in [0.1, 0.15) is 25.0 Å².